The largest absolute Gasteiger partial charge is 0.392 e. The van der Waals surface area contributed by atoms with E-state index in [1.807, 2.05) is 0 Å². The number of ketones is 1. The molecule has 0 bridgehead atoms. The molecule has 74 valence electrons. The first-order chi connectivity index (χ1) is 6.66. The van der Waals surface area contributed by atoms with Crippen molar-refractivity contribution in [2.24, 2.45) is 0 Å². The van der Waals surface area contributed by atoms with Crippen LogP contribution in [0.2, 0.25) is 0 Å². The summed E-state index contributed by atoms with van der Waals surface area (Å²) in [5.74, 6) is -0.841. The molecule has 0 aliphatic heterocycles. The van der Waals surface area contributed by atoms with Gasteiger partial charge in [0.15, 0.2) is 5.78 Å². The Labute approximate surface area is 81.7 Å². The Kier molecular flexibility index (Phi) is 3.54. The molecule has 0 saturated heterocycles. The molecule has 0 atom stereocenters. The lowest BCUT2D eigenvalue weighted by Crippen LogP contribution is -1.98. The van der Waals surface area contributed by atoms with Crippen molar-refractivity contribution in [1.82, 2.24) is 0 Å². The Bertz CT molecular complexity index is 370. The molecule has 0 aromatic heterocycles. The zero-order chi connectivity index (χ0) is 10.6. The number of Topliss-reactive ketones (excluding diaryl/α,β-unsaturated/α-hetero) is 1. The SMILES string of the molecule is CC(=O)c1cccc(C=CCO)c1F. The number of carbonyl (C=O) groups excluding carboxylic acids is 1. The lowest BCUT2D eigenvalue weighted by molar-refractivity contribution is 0.101. The van der Waals surface area contributed by atoms with Crippen LogP contribution in [0, 0.1) is 5.82 Å². The summed E-state index contributed by atoms with van der Waals surface area (Å²) in [4.78, 5) is 11.0. The second-order valence-electron chi connectivity index (χ2n) is 2.85. The van der Waals surface area contributed by atoms with Crippen LogP contribution in [0.4, 0.5) is 4.39 Å². The van der Waals surface area contributed by atoms with Crippen molar-refractivity contribution in [2.45, 2.75) is 6.92 Å². The molecule has 1 N–H and O–H groups in total. The van der Waals surface area contributed by atoms with Crippen LogP contribution in [-0.2, 0) is 0 Å². The second kappa shape index (κ2) is 4.67. The quantitative estimate of drug-likeness (QED) is 0.747. The first kappa shape index (κ1) is 10.6. The fourth-order valence-electron chi connectivity index (χ4n) is 1.13. The van der Waals surface area contributed by atoms with Crippen LogP contribution in [0.5, 0.6) is 0 Å². The molecule has 1 aromatic rings. The molecule has 0 fully saturated rings. The van der Waals surface area contributed by atoms with E-state index >= 15 is 0 Å². The Morgan fingerprint density at radius 2 is 2.29 bits per heavy atom. The van der Waals surface area contributed by atoms with E-state index in [1.54, 1.807) is 12.1 Å². The fourth-order valence-corrected chi connectivity index (χ4v) is 1.13. The van der Waals surface area contributed by atoms with Crippen LogP contribution < -0.4 is 0 Å². The number of rotatable bonds is 3. The van der Waals surface area contributed by atoms with Gasteiger partial charge >= 0.3 is 0 Å². The number of carbonyl (C=O) groups is 1. The van der Waals surface area contributed by atoms with Gasteiger partial charge in [0, 0.05) is 5.56 Å². The van der Waals surface area contributed by atoms with Gasteiger partial charge in [-0.25, -0.2) is 4.39 Å². The van der Waals surface area contributed by atoms with E-state index in [4.69, 9.17) is 5.11 Å². The van der Waals surface area contributed by atoms with Crippen LogP contribution in [0.25, 0.3) is 6.08 Å². The average molecular weight is 194 g/mol. The fraction of sp³-hybridized carbons (Fsp3) is 0.182. The second-order valence-corrected chi connectivity index (χ2v) is 2.85. The summed E-state index contributed by atoms with van der Waals surface area (Å²) in [5, 5.41) is 8.52. The van der Waals surface area contributed by atoms with Crippen molar-refractivity contribution < 1.29 is 14.3 Å². The minimum absolute atomic E-state index is 0.0742. The van der Waals surface area contributed by atoms with E-state index in [2.05, 4.69) is 0 Å². The molecule has 1 aromatic carbocycles. The monoisotopic (exact) mass is 194 g/mol. The molecule has 0 aliphatic rings. The first-order valence-corrected chi connectivity index (χ1v) is 4.23. The molecule has 0 amide bonds. The van der Waals surface area contributed by atoms with Gasteiger partial charge in [-0.05, 0) is 13.0 Å². The Hall–Kier alpha value is -1.48. The first-order valence-electron chi connectivity index (χ1n) is 4.23. The van der Waals surface area contributed by atoms with Crippen LogP contribution in [0.3, 0.4) is 0 Å². The van der Waals surface area contributed by atoms with Crippen molar-refractivity contribution in [3.8, 4) is 0 Å². The topological polar surface area (TPSA) is 37.3 Å². The third-order valence-electron chi connectivity index (χ3n) is 1.81. The minimum atomic E-state index is -0.537. The van der Waals surface area contributed by atoms with Gasteiger partial charge < -0.3 is 5.11 Å². The highest BCUT2D eigenvalue weighted by Crippen LogP contribution is 2.14. The number of hydrogen-bond acceptors (Lipinski definition) is 2. The van der Waals surface area contributed by atoms with Gasteiger partial charge in [-0.15, -0.1) is 0 Å². The van der Waals surface area contributed by atoms with Crippen molar-refractivity contribution in [2.75, 3.05) is 6.61 Å². The summed E-state index contributed by atoms with van der Waals surface area (Å²) in [6, 6.07) is 4.60. The van der Waals surface area contributed by atoms with Gasteiger partial charge in [-0.3, -0.25) is 4.79 Å². The van der Waals surface area contributed by atoms with Crippen molar-refractivity contribution in [3.63, 3.8) is 0 Å². The molecule has 2 nitrogen and oxygen atoms in total. The van der Waals surface area contributed by atoms with Gasteiger partial charge in [0.2, 0.25) is 0 Å². The molecule has 0 saturated carbocycles. The van der Waals surface area contributed by atoms with Gasteiger partial charge in [0.05, 0.1) is 12.2 Å². The number of aliphatic hydroxyl groups excluding tert-OH is 1. The third-order valence-corrected chi connectivity index (χ3v) is 1.81. The zero-order valence-corrected chi connectivity index (χ0v) is 7.83. The van der Waals surface area contributed by atoms with Crippen LogP contribution in [0.15, 0.2) is 24.3 Å². The zero-order valence-electron chi connectivity index (χ0n) is 7.83. The molecule has 0 heterocycles. The highest BCUT2D eigenvalue weighted by molar-refractivity contribution is 5.94. The third kappa shape index (κ3) is 2.26. The van der Waals surface area contributed by atoms with E-state index < -0.39 is 5.82 Å². The number of halogens is 1. The van der Waals surface area contributed by atoms with Crippen molar-refractivity contribution >= 4 is 11.9 Å². The summed E-state index contributed by atoms with van der Waals surface area (Å²) < 4.78 is 13.5. The predicted octanol–water partition coefficient (Wildman–Crippen LogP) is 2.03. The van der Waals surface area contributed by atoms with Gasteiger partial charge in [-0.1, -0.05) is 24.3 Å². The van der Waals surface area contributed by atoms with Crippen molar-refractivity contribution in [3.05, 3.63) is 41.2 Å². The molecule has 3 heteroatoms. The molecule has 0 aliphatic carbocycles. The summed E-state index contributed by atoms with van der Waals surface area (Å²) in [7, 11) is 0. The summed E-state index contributed by atoms with van der Waals surface area (Å²) in [6.45, 7) is 1.17. The molecular weight excluding hydrogens is 183 g/mol. The van der Waals surface area contributed by atoms with E-state index in [1.165, 1.54) is 25.1 Å². The molecule has 0 unspecified atom stereocenters. The number of benzene rings is 1. The van der Waals surface area contributed by atoms with Gasteiger partial charge in [0.1, 0.15) is 5.82 Å². The summed E-state index contributed by atoms with van der Waals surface area (Å²) >= 11 is 0. The average Bonchev–Trinajstić information content (AvgIpc) is 2.16. The van der Waals surface area contributed by atoms with Gasteiger partial charge in [0.25, 0.3) is 0 Å². The maximum absolute atomic E-state index is 13.5. The maximum atomic E-state index is 13.5. The highest BCUT2D eigenvalue weighted by Gasteiger charge is 2.08. The Balaban J connectivity index is 3.14. The van der Waals surface area contributed by atoms with E-state index in [9.17, 15) is 9.18 Å². The normalized spacial score (nSPS) is 10.8. The van der Waals surface area contributed by atoms with Gasteiger partial charge in [-0.2, -0.15) is 0 Å². The van der Waals surface area contributed by atoms with Crippen LogP contribution in [-0.4, -0.2) is 17.5 Å². The Morgan fingerprint density at radius 1 is 1.57 bits per heavy atom. The van der Waals surface area contributed by atoms with Crippen LogP contribution in [0.1, 0.15) is 22.8 Å². The Morgan fingerprint density at radius 3 is 2.86 bits per heavy atom. The lowest BCUT2D eigenvalue weighted by atomic mass is 10.1. The summed E-state index contributed by atoms with van der Waals surface area (Å²) in [6.07, 6.45) is 2.87. The molecular formula is C11H11FO2. The number of aliphatic hydroxyl groups is 1. The lowest BCUT2D eigenvalue weighted by Gasteiger charge is -2.01. The smallest absolute Gasteiger partial charge is 0.162 e. The highest BCUT2D eigenvalue weighted by atomic mass is 19.1. The number of hydrogen-bond donors (Lipinski definition) is 1. The van der Waals surface area contributed by atoms with E-state index in [0.29, 0.717) is 5.56 Å². The molecule has 0 spiro atoms. The molecule has 14 heavy (non-hydrogen) atoms. The molecule has 0 radical (unpaired) electrons. The van der Waals surface area contributed by atoms with Crippen LogP contribution >= 0.6 is 0 Å². The molecule has 1 rings (SSSR count). The minimum Gasteiger partial charge on any atom is -0.392 e. The van der Waals surface area contributed by atoms with E-state index in [0.717, 1.165) is 0 Å². The standard InChI is InChI=1S/C11H11FO2/c1-8(14)10-6-2-4-9(11(10)12)5-3-7-13/h2-6,13H,7H2,1H3. The van der Waals surface area contributed by atoms with Crippen molar-refractivity contribution in [1.29, 1.82) is 0 Å². The predicted molar refractivity (Wildman–Crippen MR) is 52.5 cm³/mol. The maximum Gasteiger partial charge on any atom is 0.162 e. The van der Waals surface area contributed by atoms with E-state index in [-0.39, 0.29) is 18.0 Å². The summed E-state index contributed by atoms with van der Waals surface area (Å²) in [5.41, 5.74) is 0.386.